The minimum absolute atomic E-state index is 0.00298. The summed E-state index contributed by atoms with van der Waals surface area (Å²) >= 11 is 0. The number of hydrogen-bond acceptors (Lipinski definition) is 2. The Bertz CT molecular complexity index is 407. The molecule has 98 valence electrons. The maximum absolute atomic E-state index is 10.6. The summed E-state index contributed by atoms with van der Waals surface area (Å²) in [6.07, 6.45) is 5.12. The molecule has 0 heterocycles. The van der Waals surface area contributed by atoms with E-state index in [2.05, 4.69) is 31.2 Å². The predicted molar refractivity (Wildman–Crippen MR) is 73.6 cm³/mol. The highest BCUT2D eigenvalue weighted by atomic mass is 16.4. The number of aliphatic carboxylic acids is 1. The van der Waals surface area contributed by atoms with Crippen LogP contribution in [0, 0.1) is 0 Å². The molecule has 0 fully saturated rings. The van der Waals surface area contributed by atoms with E-state index in [4.69, 9.17) is 5.11 Å². The Hall–Kier alpha value is -1.61. The summed E-state index contributed by atoms with van der Waals surface area (Å²) in [6, 6.07) is 8.37. The molecule has 1 aromatic carbocycles. The Kier molecular flexibility index (Phi) is 5.59. The van der Waals surface area contributed by atoms with E-state index in [1.165, 1.54) is 11.6 Å². The lowest BCUT2D eigenvalue weighted by Gasteiger charge is -2.21. The zero-order valence-corrected chi connectivity index (χ0v) is 11.3. The van der Waals surface area contributed by atoms with Crippen LogP contribution in [0.1, 0.15) is 30.5 Å². The zero-order chi connectivity index (χ0) is 13.5. The first kappa shape index (κ1) is 14.5. The minimum Gasteiger partial charge on any atom is -0.478 e. The monoisotopic (exact) mass is 247 g/mol. The number of benzene rings is 1. The fourth-order valence-electron chi connectivity index (χ4n) is 1.93. The Morgan fingerprint density at radius 1 is 1.33 bits per heavy atom. The van der Waals surface area contributed by atoms with Crippen LogP contribution in [0.5, 0.6) is 0 Å². The molecule has 18 heavy (non-hydrogen) atoms. The van der Waals surface area contributed by atoms with Gasteiger partial charge in [0.05, 0.1) is 6.04 Å². The average molecular weight is 247 g/mol. The molecule has 0 saturated heterocycles. The third-order valence-corrected chi connectivity index (χ3v) is 2.84. The molecule has 0 amide bonds. The SMILES string of the molecule is CCCc1ccc(C(/C=C/C(=O)O)N(C)C)cc1. The van der Waals surface area contributed by atoms with Gasteiger partial charge >= 0.3 is 5.97 Å². The van der Waals surface area contributed by atoms with Gasteiger partial charge in [0.2, 0.25) is 0 Å². The van der Waals surface area contributed by atoms with Gasteiger partial charge in [-0.3, -0.25) is 4.90 Å². The molecular formula is C15H21NO2. The standard InChI is InChI=1S/C15H21NO2/c1-4-5-12-6-8-13(9-7-12)14(16(2)3)10-11-15(17)18/h6-11,14H,4-5H2,1-3H3,(H,17,18)/b11-10+. The smallest absolute Gasteiger partial charge is 0.328 e. The van der Waals surface area contributed by atoms with Gasteiger partial charge in [-0.15, -0.1) is 0 Å². The van der Waals surface area contributed by atoms with Crippen LogP contribution in [0.25, 0.3) is 0 Å². The van der Waals surface area contributed by atoms with E-state index in [0.717, 1.165) is 18.4 Å². The average Bonchev–Trinajstić information content (AvgIpc) is 2.31. The third kappa shape index (κ3) is 4.34. The summed E-state index contributed by atoms with van der Waals surface area (Å²) in [4.78, 5) is 12.6. The number of carboxylic acid groups (broad SMARTS) is 1. The van der Waals surface area contributed by atoms with E-state index in [0.29, 0.717) is 0 Å². The topological polar surface area (TPSA) is 40.5 Å². The summed E-state index contributed by atoms with van der Waals surface area (Å²) < 4.78 is 0. The van der Waals surface area contributed by atoms with E-state index < -0.39 is 5.97 Å². The number of hydrogen-bond donors (Lipinski definition) is 1. The lowest BCUT2D eigenvalue weighted by atomic mass is 10.0. The predicted octanol–water partition coefficient (Wildman–Crippen LogP) is 2.88. The van der Waals surface area contributed by atoms with Crippen molar-refractivity contribution in [3.63, 3.8) is 0 Å². The third-order valence-electron chi connectivity index (χ3n) is 2.84. The second-order valence-electron chi connectivity index (χ2n) is 4.60. The van der Waals surface area contributed by atoms with E-state index in [9.17, 15) is 4.79 Å². The van der Waals surface area contributed by atoms with Gasteiger partial charge in [-0.1, -0.05) is 43.7 Å². The number of nitrogens with zero attached hydrogens (tertiary/aromatic N) is 1. The number of likely N-dealkylation sites (N-methyl/N-ethyl adjacent to an activating group) is 1. The van der Waals surface area contributed by atoms with Crippen LogP contribution in [-0.4, -0.2) is 30.1 Å². The van der Waals surface area contributed by atoms with Crippen molar-refractivity contribution >= 4 is 5.97 Å². The Labute approximate surface area is 109 Å². The molecule has 0 radical (unpaired) electrons. The largest absolute Gasteiger partial charge is 0.478 e. The summed E-state index contributed by atoms with van der Waals surface area (Å²) in [5, 5.41) is 8.70. The number of carboxylic acids is 1. The maximum atomic E-state index is 10.6. The van der Waals surface area contributed by atoms with Gasteiger partial charge in [0.25, 0.3) is 0 Å². The summed E-state index contributed by atoms with van der Waals surface area (Å²) in [6.45, 7) is 2.16. The molecule has 0 spiro atoms. The summed E-state index contributed by atoms with van der Waals surface area (Å²) in [5.74, 6) is -0.913. The molecule has 0 aliphatic carbocycles. The van der Waals surface area contributed by atoms with Crippen LogP contribution in [0.2, 0.25) is 0 Å². The minimum atomic E-state index is -0.913. The number of rotatable bonds is 6. The maximum Gasteiger partial charge on any atom is 0.328 e. The first-order valence-corrected chi connectivity index (χ1v) is 6.21. The lowest BCUT2D eigenvalue weighted by Crippen LogP contribution is -2.18. The van der Waals surface area contributed by atoms with Crippen LogP contribution >= 0.6 is 0 Å². The highest BCUT2D eigenvalue weighted by molar-refractivity contribution is 5.79. The molecule has 1 rings (SSSR count). The van der Waals surface area contributed by atoms with Crippen LogP contribution in [-0.2, 0) is 11.2 Å². The van der Waals surface area contributed by atoms with Crippen molar-refractivity contribution in [1.82, 2.24) is 4.90 Å². The number of carbonyl (C=O) groups is 1. The van der Waals surface area contributed by atoms with Gasteiger partial charge in [-0.05, 0) is 31.6 Å². The zero-order valence-electron chi connectivity index (χ0n) is 11.3. The molecule has 0 aliphatic heterocycles. The van der Waals surface area contributed by atoms with Gasteiger partial charge < -0.3 is 5.11 Å². The van der Waals surface area contributed by atoms with E-state index >= 15 is 0 Å². The molecule has 1 atom stereocenters. The van der Waals surface area contributed by atoms with Gasteiger partial charge in [0.1, 0.15) is 0 Å². The fourth-order valence-corrected chi connectivity index (χ4v) is 1.93. The van der Waals surface area contributed by atoms with Crippen molar-refractivity contribution in [1.29, 1.82) is 0 Å². The molecule has 3 heteroatoms. The van der Waals surface area contributed by atoms with Crippen LogP contribution in [0.4, 0.5) is 0 Å². The molecule has 1 unspecified atom stereocenters. The van der Waals surface area contributed by atoms with Crippen LogP contribution in [0.3, 0.4) is 0 Å². The lowest BCUT2D eigenvalue weighted by molar-refractivity contribution is -0.131. The Morgan fingerprint density at radius 3 is 2.39 bits per heavy atom. The molecule has 0 bridgehead atoms. The highest BCUT2D eigenvalue weighted by Gasteiger charge is 2.10. The molecular weight excluding hydrogens is 226 g/mol. The highest BCUT2D eigenvalue weighted by Crippen LogP contribution is 2.20. The normalized spacial score (nSPS) is 13.1. The van der Waals surface area contributed by atoms with Crippen molar-refractivity contribution in [3.8, 4) is 0 Å². The van der Waals surface area contributed by atoms with Crippen LogP contribution in [0.15, 0.2) is 36.4 Å². The first-order chi connectivity index (χ1) is 8.54. The molecule has 1 N–H and O–H groups in total. The second kappa shape index (κ2) is 6.97. The van der Waals surface area contributed by atoms with Gasteiger partial charge in [-0.25, -0.2) is 4.79 Å². The number of aryl methyl sites for hydroxylation is 1. The molecule has 0 aromatic heterocycles. The van der Waals surface area contributed by atoms with Crippen molar-refractivity contribution in [2.45, 2.75) is 25.8 Å². The fraction of sp³-hybridized carbons (Fsp3) is 0.400. The van der Waals surface area contributed by atoms with E-state index in [-0.39, 0.29) is 6.04 Å². The van der Waals surface area contributed by atoms with Crippen molar-refractivity contribution < 1.29 is 9.90 Å². The van der Waals surface area contributed by atoms with Gasteiger partial charge in [-0.2, -0.15) is 0 Å². The van der Waals surface area contributed by atoms with E-state index in [1.807, 2.05) is 19.0 Å². The molecule has 0 saturated carbocycles. The van der Waals surface area contributed by atoms with Crippen molar-refractivity contribution in [2.75, 3.05) is 14.1 Å². The van der Waals surface area contributed by atoms with Crippen molar-refractivity contribution in [3.05, 3.63) is 47.5 Å². The van der Waals surface area contributed by atoms with Gasteiger partial charge in [0.15, 0.2) is 0 Å². The molecule has 0 aliphatic rings. The molecule has 1 aromatic rings. The van der Waals surface area contributed by atoms with Crippen molar-refractivity contribution in [2.24, 2.45) is 0 Å². The first-order valence-electron chi connectivity index (χ1n) is 6.21. The molecule has 3 nitrogen and oxygen atoms in total. The Balaban J connectivity index is 2.89. The Morgan fingerprint density at radius 2 is 1.94 bits per heavy atom. The van der Waals surface area contributed by atoms with Gasteiger partial charge in [0, 0.05) is 6.08 Å². The van der Waals surface area contributed by atoms with E-state index in [1.54, 1.807) is 6.08 Å². The summed E-state index contributed by atoms with van der Waals surface area (Å²) in [5.41, 5.74) is 2.43. The second-order valence-corrected chi connectivity index (χ2v) is 4.60. The quantitative estimate of drug-likeness (QED) is 0.786. The van der Waals surface area contributed by atoms with Crippen LogP contribution < -0.4 is 0 Å². The summed E-state index contributed by atoms with van der Waals surface area (Å²) in [7, 11) is 3.88.